The zero-order valence-electron chi connectivity index (χ0n) is 15.0. The predicted molar refractivity (Wildman–Crippen MR) is 98.2 cm³/mol. The van der Waals surface area contributed by atoms with E-state index in [9.17, 15) is 18.5 Å². The van der Waals surface area contributed by atoms with Crippen molar-refractivity contribution in [2.75, 3.05) is 31.6 Å². The van der Waals surface area contributed by atoms with Gasteiger partial charge in [-0.3, -0.25) is 10.1 Å². The zero-order valence-corrected chi connectivity index (χ0v) is 15.9. The molecule has 1 atom stereocenters. The van der Waals surface area contributed by atoms with E-state index in [1.807, 2.05) is 6.92 Å². The maximum atomic E-state index is 12.7. The van der Waals surface area contributed by atoms with Crippen LogP contribution >= 0.6 is 0 Å². The lowest BCUT2D eigenvalue weighted by atomic mass is 10.2. The Balaban J connectivity index is 1.89. The van der Waals surface area contributed by atoms with Crippen LogP contribution in [0.15, 0.2) is 39.6 Å². The molecule has 1 aromatic heterocycles. The third-order valence-corrected chi connectivity index (χ3v) is 6.23. The Hall–Kier alpha value is -2.43. The number of anilines is 1. The number of hydrogen-bond acceptors (Lipinski definition) is 7. The number of nitrogens with zero attached hydrogens (tertiary/aromatic N) is 2. The normalized spacial score (nSPS) is 16.8. The fourth-order valence-corrected chi connectivity index (χ4v) is 4.30. The maximum absolute atomic E-state index is 12.7. The predicted octanol–water partition coefficient (Wildman–Crippen LogP) is 2.69. The van der Waals surface area contributed by atoms with Gasteiger partial charge >= 0.3 is 0 Å². The van der Waals surface area contributed by atoms with E-state index in [2.05, 4.69) is 5.32 Å². The number of hydrogen-bond donors (Lipinski definition) is 1. The largest absolute Gasteiger partial charge is 0.464 e. The lowest BCUT2D eigenvalue weighted by molar-refractivity contribution is -0.384. The van der Waals surface area contributed by atoms with Crippen molar-refractivity contribution in [3.05, 3.63) is 52.0 Å². The quantitative estimate of drug-likeness (QED) is 0.590. The summed E-state index contributed by atoms with van der Waals surface area (Å²) in [6.45, 7) is 4.68. The Morgan fingerprint density at radius 1 is 1.22 bits per heavy atom. The Morgan fingerprint density at radius 3 is 2.52 bits per heavy atom. The highest BCUT2D eigenvalue weighted by atomic mass is 32.2. The molecule has 1 saturated heterocycles. The van der Waals surface area contributed by atoms with Gasteiger partial charge in [0.2, 0.25) is 10.0 Å². The monoisotopic (exact) mass is 395 g/mol. The summed E-state index contributed by atoms with van der Waals surface area (Å²) in [6, 6.07) is 7.15. The number of morpholine rings is 1. The second kappa shape index (κ2) is 7.67. The van der Waals surface area contributed by atoms with Crippen LogP contribution in [0.4, 0.5) is 11.4 Å². The highest BCUT2D eigenvalue weighted by molar-refractivity contribution is 7.89. The van der Waals surface area contributed by atoms with Crippen LogP contribution in [0.1, 0.15) is 24.5 Å². The average Bonchev–Trinajstić information content (AvgIpc) is 3.09. The molecule has 0 amide bonds. The summed E-state index contributed by atoms with van der Waals surface area (Å²) in [5.41, 5.74) is -0.0815. The first-order chi connectivity index (χ1) is 12.8. The molecular weight excluding hydrogens is 374 g/mol. The van der Waals surface area contributed by atoms with Gasteiger partial charge in [0.15, 0.2) is 0 Å². The molecule has 1 aliphatic rings. The minimum atomic E-state index is -3.81. The molecule has 0 radical (unpaired) electrons. The van der Waals surface area contributed by atoms with Gasteiger partial charge in [-0.25, -0.2) is 8.42 Å². The van der Waals surface area contributed by atoms with E-state index < -0.39 is 14.9 Å². The van der Waals surface area contributed by atoms with E-state index in [0.717, 1.165) is 11.8 Å². The van der Waals surface area contributed by atoms with Crippen LogP contribution in [0, 0.1) is 17.0 Å². The minimum Gasteiger partial charge on any atom is -0.464 e. The molecule has 1 aromatic carbocycles. The lowest BCUT2D eigenvalue weighted by Gasteiger charge is -2.26. The zero-order chi connectivity index (χ0) is 19.6. The third kappa shape index (κ3) is 4.12. The highest BCUT2D eigenvalue weighted by Gasteiger charge is 2.29. The molecule has 2 heterocycles. The summed E-state index contributed by atoms with van der Waals surface area (Å²) in [6.07, 6.45) is 0. The molecule has 0 aliphatic carbocycles. The van der Waals surface area contributed by atoms with Crippen molar-refractivity contribution in [2.45, 2.75) is 24.8 Å². The highest BCUT2D eigenvalue weighted by Crippen LogP contribution is 2.32. The number of nitrogens with one attached hydrogen (secondary N) is 1. The van der Waals surface area contributed by atoms with Crippen LogP contribution in [-0.2, 0) is 14.8 Å². The van der Waals surface area contributed by atoms with Crippen molar-refractivity contribution in [1.29, 1.82) is 0 Å². The molecule has 1 N–H and O–H groups in total. The fraction of sp³-hybridized carbons (Fsp3) is 0.412. The summed E-state index contributed by atoms with van der Waals surface area (Å²) in [5.74, 6) is 1.37. The summed E-state index contributed by atoms with van der Waals surface area (Å²) in [4.78, 5) is 10.8. The van der Waals surface area contributed by atoms with Gasteiger partial charge in [0.1, 0.15) is 17.2 Å². The van der Waals surface area contributed by atoms with Crippen molar-refractivity contribution >= 4 is 21.4 Å². The second-order valence-corrected chi connectivity index (χ2v) is 8.20. The minimum absolute atomic E-state index is 0.108. The fourth-order valence-electron chi connectivity index (χ4n) is 2.87. The van der Waals surface area contributed by atoms with Gasteiger partial charge in [0.25, 0.3) is 5.69 Å². The summed E-state index contributed by atoms with van der Waals surface area (Å²) >= 11 is 0. The number of nitro benzene ring substituents is 1. The molecule has 2 aromatic rings. The number of nitro groups is 1. The number of ether oxygens (including phenoxy) is 1. The summed E-state index contributed by atoms with van der Waals surface area (Å²) in [5, 5.41) is 14.5. The number of sulfonamides is 1. The van der Waals surface area contributed by atoms with Crippen LogP contribution in [-0.4, -0.2) is 43.9 Å². The molecule has 0 bridgehead atoms. The van der Waals surface area contributed by atoms with Crippen LogP contribution < -0.4 is 5.32 Å². The van der Waals surface area contributed by atoms with Gasteiger partial charge < -0.3 is 14.5 Å². The van der Waals surface area contributed by atoms with Gasteiger partial charge in [-0.2, -0.15) is 4.31 Å². The SMILES string of the molecule is Cc1ccc(C(C)Nc2ccc(S(=O)(=O)N3CCOCC3)cc2[N+](=O)[O-])o1. The smallest absolute Gasteiger partial charge is 0.293 e. The third-order valence-electron chi connectivity index (χ3n) is 4.33. The van der Waals surface area contributed by atoms with Crippen LogP contribution in [0.3, 0.4) is 0 Å². The Labute approximate surface area is 157 Å². The van der Waals surface area contributed by atoms with E-state index in [1.165, 1.54) is 16.4 Å². The van der Waals surface area contributed by atoms with Gasteiger partial charge in [-0.05, 0) is 38.1 Å². The molecular formula is C17H21N3O6S. The number of aryl methyl sites for hydroxylation is 1. The number of rotatable bonds is 6. The van der Waals surface area contributed by atoms with E-state index in [-0.39, 0.29) is 35.4 Å². The molecule has 0 saturated carbocycles. The molecule has 1 fully saturated rings. The van der Waals surface area contributed by atoms with Crippen molar-refractivity contribution < 1.29 is 22.5 Å². The van der Waals surface area contributed by atoms with Crippen LogP contribution in [0.2, 0.25) is 0 Å². The average molecular weight is 395 g/mol. The first kappa shape index (κ1) is 19.3. The Morgan fingerprint density at radius 2 is 1.93 bits per heavy atom. The molecule has 1 unspecified atom stereocenters. The molecule has 9 nitrogen and oxygen atoms in total. The molecule has 146 valence electrons. The maximum Gasteiger partial charge on any atom is 0.293 e. The number of furan rings is 1. The van der Waals surface area contributed by atoms with Crippen molar-refractivity contribution in [3.63, 3.8) is 0 Å². The summed E-state index contributed by atoms with van der Waals surface area (Å²) < 4.78 is 37.4. The first-order valence-corrected chi connectivity index (χ1v) is 9.92. The lowest BCUT2D eigenvalue weighted by Crippen LogP contribution is -2.40. The van der Waals surface area contributed by atoms with Gasteiger partial charge in [0.05, 0.1) is 29.1 Å². The molecule has 3 rings (SSSR count). The van der Waals surface area contributed by atoms with Crippen molar-refractivity contribution in [2.24, 2.45) is 0 Å². The Kier molecular flexibility index (Phi) is 5.49. The second-order valence-electron chi connectivity index (χ2n) is 6.27. The van der Waals surface area contributed by atoms with E-state index >= 15 is 0 Å². The van der Waals surface area contributed by atoms with Crippen molar-refractivity contribution in [1.82, 2.24) is 4.31 Å². The Bertz CT molecular complexity index is 934. The van der Waals surface area contributed by atoms with E-state index in [1.54, 1.807) is 19.1 Å². The van der Waals surface area contributed by atoms with Crippen LogP contribution in [0.25, 0.3) is 0 Å². The van der Waals surface area contributed by atoms with Crippen LogP contribution in [0.5, 0.6) is 0 Å². The molecule has 27 heavy (non-hydrogen) atoms. The van der Waals surface area contributed by atoms with E-state index in [0.29, 0.717) is 19.0 Å². The van der Waals surface area contributed by atoms with E-state index in [4.69, 9.17) is 9.15 Å². The topological polar surface area (TPSA) is 115 Å². The first-order valence-electron chi connectivity index (χ1n) is 8.48. The molecule has 10 heteroatoms. The number of benzene rings is 1. The van der Waals surface area contributed by atoms with Gasteiger partial charge in [-0.15, -0.1) is 0 Å². The molecule has 0 spiro atoms. The molecule has 1 aliphatic heterocycles. The van der Waals surface area contributed by atoms with Crippen molar-refractivity contribution in [3.8, 4) is 0 Å². The van der Waals surface area contributed by atoms with Gasteiger partial charge in [0, 0.05) is 19.2 Å². The standard InChI is InChI=1S/C17H21N3O6S/c1-12-3-6-17(26-12)13(2)18-15-5-4-14(11-16(15)20(21)22)27(23,24)19-7-9-25-10-8-19/h3-6,11,13,18H,7-10H2,1-2H3. The summed E-state index contributed by atoms with van der Waals surface area (Å²) in [7, 11) is -3.81. The van der Waals surface area contributed by atoms with Gasteiger partial charge in [-0.1, -0.05) is 0 Å².